The highest BCUT2D eigenvalue weighted by Crippen LogP contribution is 2.31. The topological polar surface area (TPSA) is 17.1 Å². The lowest BCUT2D eigenvalue weighted by atomic mass is 10.00. The summed E-state index contributed by atoms with van der Waals surface area (Å²) in [4.78, 5) is 10.9. The van der Waals surface area contributed by atoms with Gasteiger partial charge in [0.25, 0.3) is 6.43 Å². The molecule has 0 saturated carbocycles. The maximum absolute atomic E-state index is 12.7. The third-order valence-electron chi connectivity index (χ3n) is 2.44. The number of alkyl halides is 2. The van der Waals surface area contributed by atoms with Gasteiger partial charge in [-0.1, -0.05) is 40.2 Å². The van der Waals surface area contributed by atoms with E-state index in [1.54, 1.807) is 24.3 Å². The molecule has 0 radical (unpaired) electrons. The van der Waals surface area contributed by atoms with Crippen LogP contribution in [0, 0.1) is 0 Å². The van der Waals surface area contributed by atoms with Crippen LogP contribution < -0.4 is 0 Å². The van der Waals surface area contributed by atoms with Crippen molar-refractivity contribution in [2.45, 2.75) is 6.43 Å². The Morgan fingerprint density at radius 3 is 2.50 bits per heavy atom. The second-order valence-corrected chi connectivity index (χ2v) is 4.18. The quantitative estimate of drug-likeness (QED) is 0.749. The highest BCUT2D eigenvalue weighted by atomic mass is 79.9. The van der Waals surface area contributed by atoms with E-state index in [0.717, 1.165) is 9.86 Å². The number of carbonyl (C=O) groups excluding carboxylic acids is 1. The molecule has 2 aromatic rings. The van der Waals surface area contributed by atoms with Gasteiger partial charge in [-0.3, -0.25) is 4.79 Å². The molecule has 0 amide bonds. The molecule has 0 aromatic heterocycles. The minimum atomic E-state index is -2.64. The van der Waals surface area contributed by atoms with Crippen molar-refractivity contribution in [3.63, 3.8) is 0 Å². The summed E-state index contributed by atoms with van der Waals surface area (Å²) in [6.45, 7) is 0. The highest BCUT2D eigenvalue weighted by molar-refractivity contribution is 9.10. The smallest absolute Gasteiger partial charge is 0.264 e. The zero-order valence-corrected chi connectivity index (χ0v) is 9.67. The molecule has 0 aliphatic rings. The standard InChI is InChI=1S/C12H7BrF2O/c13-11-3-1-2-7-8(11)4-5-9(12(14)15)10(7)6-16/h1-6,12H. The van der Waals surface area contributed by atoms with Crippen LogP contribution in [-0.4, -0.2) is 6.29 Å². The average Bonchev–Trinajstić information content (AvgIpc) is 2.27. The Balaban J connectivity index is 2.86. The van der Waals surface area contributed by atoms with E-state index in [0.29, 0.717) is 11.7 Å². The fourth-order valence-corrected chi connectivity index (χ4v) is 2.18. The van der Waals surface area contributed by atoms with Gasteiger partial charge in [0.1, 0.15) is 0 Å². The molecule has 82 valence electrons. The molecule has 16 heavy (non-hydrogen) atoms. The molecule has 0 atom stereocenters. The summed E-state index contributed by atoms with van der Waals surface area (Å²) < 4.78 is 26.1. The molecule has 2 aromatic carbocycles. The number of fused-ring (bicyclic) bond motifs is 1. The summed E-state index contributed by atoms with van der Waals surface area (Å²) in [5, 5.41) is 1.30. The summed E-state index contributed by atoms with van der Waals surface area (Å²) in [6.07, 6.45) is -2.15. The Morgan fingerprint density at radius 1 is 1.12 bits per heavy atom. The lowest BCUT2D eigenvalue weighted by molar-refractivity contribution is 0.110. The van der Waals surface area contributed by atoms with Crippen molar-refractivity contribution >= 4 is 33.0 Å². The van der Waals surface area contributed by atoms with Crippen LogP contribution >= 0.6 is 15.9 Å². The van der Waals surface area contributed by atoms with Crippen molar-refractivity contribution < 1.29 is 13.6 Å². The Hall–Kier alpha value is -1.29. The molecule has 0 bridgehead atoms. The SMILES string of the molecule is O=Cc1c(C(F)F)ccc2c(Br)cccc12. The van der Waals surface area contributed by atoms with E-state index in [2.05, 4.69) is 15.9 Å². The van der Waals surface area contributed by atoms with Crippen LogP contribution in [0.1, 0.15) is 22.3 Å². The number of hydrogen-bond donors (Lipinski definition) is 0. The highest BCUT2D eigenvalue weighted by Gasteiger charge is 2.15. The summed E-state index contributed by atoms with van der Waals surface area (Å²) in [6, 6.07) is 8.07. The van der Waals surface area contributed by atoms with Gasteiger partial charge in [0.05, 0.1) is 0 Å². The van der Waals surface area contributed by atoms with Gasteiger partial charge in [0.15, 0.2) is 6.29 Å². The average molecular weight is 285 g/mol. The van der Waals surface area contributed by atoms with Gasteiger partial charge in [-0.05, 0) is 16.8 Å². The first-order valence-electron chi connectivity index (χ1n) is 4.59. The molecule has 0 fully saturated rings. The van der Waals surface area contributed by atoms with Gasteiger partial charge in [-0.25, -0.2) is 8.78 Å². The largest absolute Gasteiger partial charge is 0.298 e. The predicted octanol–water partition coefficient (Wildman–Crippen LogP) is 4.35. The Kier molecular flexibility index (Phi) is 3.01. The van der Waals surface area contributed by atoms with Gasteiger partial charge in [0.2, 0.25) is 0 Å². The fourth-order valence-electron chi connectivity index (χ4n) is 1.68. The number of rotatable bonds is 2. The second kappa shape index (κ2) is 4.29. The molecule has 0 spiro atoms. The fraction of sp³-hybridized carbons (Fsp3) is 0.0833. The second-order valence-electron chi connectivity index (χ2n) is 3.32. The van der Waals surface area contributed by atoms with Crippen LogP contribution in [0.2, 0.25) is 0 Å². The van der Waals surface area contributed by atoms with Gasteiger partial charge in [-0.15, -0.1) is 0 Å². The maximum atomic E-state index is 12.7. The van der Waals surface area contributed by atoms with Crippen LogP contribution in [0.5, 0.6) is 0 Å². The normalized spacial score (nSPS) is 11.0. The summed E-state index contributed by atoms with van der Waals surface area (Å²) in [5.74, 6) is 0. The molecule has 2 rings (SSSR count). The molecule has 0 saturated heterocycles. The number of aldehydes is 1. The minimum Gasteiger partial charge on any atom is -0.298 e. The zero-order valence-electron chi connectivity index (χ0n) is 8.08. The van der Waals surface area contributed by atoms with Crippen molar-refractivity contribution in [3.05, 3.63) is 45.9 Å². The van der Waals surface area contributed by atoms with Gasteiger partial charge in [-0.2, -0.15) is 0 Å². The molecule has 0 heterocycles. The van der Waals surface area contributed by atoms with Crippen LogP contribution in [0.4, 0.5) is 8.78 Å². The molecule has 1 nitrogen and oxygen atoms in total. The van der Waals surface area contributed by atoms with E-state index >= 15 is 0 Å². The van der Waals surface area contributed by atoms with Crippen molar-refractivity contribution in [1.82, 2.24) is 0 Å². The van der Waals surface area contributed by atoms with E-state index in [9.17, 15) is 13.6 Å². The Bertz CT molecular complexity index is 552. The molecule has 4 heteroatoms. The Labute approximate surface area is 99.2 Å². The van der Waals surface area contributed by atoms with Crippen LogP contribution in [0.15, 0.2) is 34.8 Å². The first-order chi connectivity index (χ1) is 7.65. The van der Waals surface area contributed by atoms with Crippen LogP contribution in [0.25, 0.3) is 10.8 Å². The molecule has 0 aliphatic heterocycles. The predicted molar refractivity (Wildman–Crippen MR) is 62.0 cm³/mol. The maximum Gasteiger partial charge on any atom is 0.264 e. The molecular formula is C12H7BrF2O. The van der Waals surface area contributed by atoms with Crippen molar-refractivity contribution in [1.29, 1.82) is 0 Å². The van der Waals surface area contributed by atoms with E-state index in [4.69, 9.17) is 0 Å². The molecule has 0 aliphatic carbocycles. The van der Waals surface area contributed by atoms with Crippen molar-refractivity contribution in [3.8, 4) is 0 Å². The number of halogens is 3. The zero-order chi connectivity index (χ0) is 11.7. The van der Waals surface area contributed by atoms with Crippen molar-refractivity contribution in [2.75, 3.05) is 0 Å². The summed E-state index contributed by atoms with van der Waals surface area (Å²) >= 11 is 3.32. The van der Waals surface area contributed by atoms with E-state index in [1.807, 2.05) is 0 Å². The third kappa shape index (κ3) is 1.73. The van der Waals surface area contributed by atoms with E-state index < -0.39 is 6.43 Å². The van der Waals surface area contributed by atoms with E-state index in [1.165, 1.54) is 6.07 Å². The monoisotopic (exact) mass is 284 g/mol. The number of benzene rings is 2. The van der Waals surface area contributed by atoms with Crippen LogP contribution in [0.3, 0.4) is 0 Å². The third-order valence-corrected chi connectivity index (χ3v) is 3.13. The number of carbonyl (C=O) groups is 1. The Morgan fingerprint density at radius 2 is 1.88 bits per heavy atom. The van der Waals surface area contributed by atoms with Gasteiger partial charge in [0, 0.05) is 15.6 Å². The molecular weight excluding hydrogens is 278 g/mol. The summed E-state index contributed by atoms with van der Waals surface area (Å²) in [7, 11) is 0. The summed E-state index contributed by atoms with van der Waals surface area (Å²) in [5.41, 5.74) is -0.158. The lowest BCUT2D eigenvalue weighted by Gasteiger charge is -2.08. The van der Waals surface area contributed by atoms with Gasteiger partial charge >= 0.3 is 0 Å². The first-order valence-corrected chi connectivity index (χ1v) is 5.39. The van der Waals surface area contributed by atoms with Gasteiger partial charge < -0.3 is 0 Å². The number of hydrogen-bond acceptors (Lipinski definition) is 1. The molecule has 0 N–H and O–H groups in total. The first kappa shape index (κ1) is 11.2. The minimum absolute atomic E-state index is 0.0637. The van der Waals surface area contributed by atoms with E-state index in [-0.39, 0.29) is 11.1 Å². The van der Waals surface area contributed by atoms with Crippen molar-refractivity contribution in [2.24, 2.45) is 0 Å². The van der Waals surface area contributed by atoms with Crippen LogP contribution in [-0.2, 0) is 0 Å². The molecule has 0 unspecified atom stereocenters. The lowest BCUT2D eigenvalue weighted by Crippen LogP contribution is -1.94.